The lowest BCUT2D eigenvalue weighted by Gasteiger charge is -2.27. The number of thioether (sulfide) groups is 1. The minimum atomic E-state index is -3.60. The number of morpholine rings is 1. The maximum absolute atomic E-state index is 12.9. The maximum Gasteiger partial charge on any atom is 0.292 e. The minimum Gasteiger partial charge on any atom is -0.379 e. The largest absolute Gasteiger partial charge is 0.379 e. The lowest BCUT2D eigenvalue weighted by molar-refractivity contribution is -0.911. The lowest BCUT2D eigenvalue weighted by atomic mass is 10.2. The van der Waals surface area contributed by atoms with Crippen LogP contribution in [0.4, 0.5) is 5.69 Å². The van der Waals surface area contributed by atoms with Crippen LogP contribution < -0.4 is 9.80 Å². The predicted molar refractivity (Wildman–Crippen MR) is 105 cm³/mol. The van der Waals surface area contributed by atoms with Crippen LogP contribution in [0.2, 0.25) is 0 Å². The molecule has 0 saturated carbocycles. The van der Waals surface area contributed by atoms with E-state index in [-0.39, 0.29) is 29.2 Å². The van der Waals surface area contributed by atoms with Crippen LogP contribution in [0.15, 0.2) is 29.2 Å². The van der Waals surface area contributed by atoms with Crippen LogP contribution in [-0.2, 0) is 24.3 Å². The van der Waals surface area contributed by atoms with Gasteiger partial charge in [-0.15, -0.1) is 0 Å². The van der Waals surface area contributed by atoms with Gasteiger partial charge in [-0.3, -0.25) is 9.59 Å². The number of nitrogens with zero attached hydrogens (tertiary/aromatic N) is 2. The third kappa shape index (κ3) is 3.71. The summed E-state index contributed by atoms with van der Waals surface area (Å²) in [6, 6.07) is 5.71. The molecule has 0 radical (unpaired) electrons. The molecule has 0 spiro atoms. The van der Waals surface area contributed by atoms with E-state index in [0.29, 0.717) is 32.0 Å². The van der Waals surface area contributed by atoms with Gasteiger partial charge in [-0.25, -0.2) is 13.3 Å². The summed E-state index contributed by atoms with van der Waals surface area (Å²) in [6.45, 7) is 3.19. The number of rotatable bonds is 4. The number of nitrogens with one attached hydrogen (secondary N) is 1. The monoisotopic (exact) mass is 426 g/mol. The fraction of sp³-hybridized carbons (Fsp3) is 0.556. The van der Waals surface area contributed by atoms with E-state index in [1.165, 1.54) is 26.2 Å². The van der Waals surface area contributed by atoms with E-state index in [1.54, 1.807) is 12.1 Å². The number of ether oxygens (including phenoxy) is 1. The molecule has 152 valence electrons. The lowest BCUT2D eigenvalue weighted by Crippen LogP contribution is -3.18. The molecule has 1 N–H and O–H groups in total. The van der Waals surface area contributed by atoms with E-state index < -0.39 is 10.0 Å². The molecule has 3 heterocycles. The Morgan fingerprint density at radius 1 is 1.04 bits per heavy atom. The minimum absolute atomic E-state index is 0.160. The van der Waals surface area contributed by atoms with Gasteiger partial charge in [0.15, 0.2) is 6.04 Å². The molecule has 8 nitrogen and oxygen atoms in total. The second kappa shape index (κ2) is 8.11. The zero-order valence-corrected chi connectivity index (χ0v) is 17.1. The Bertz CT molecular complexity index is 846. The van der Waals surface area contributed by atoms with Crippen molar-refractivity contribution in [3.05, 3.63) is 24.3 Å². The molecule has 0 bridgehead atoms. The number of carbonyl (C=O) groups is 2. The highest BCUT2D eigenvalue weighted by molar-refractivity contribution is 7.99. The fourth-order valence-electron chi connectivity index (χ4n) is 3.91. The van der Waals surface area contributed by atoms with Gasteiger partial charge in [0.1, 0.15) is 0 Å². The van der Waals surface area contributed by atoms with E-state index in [2.05, 4.69) is 0 Å². The Morgan fingerprint density at radius 2 is 1.68 bits per heavy atom. The molecule has 28 heavy (non-hydrogen) atoms. The van der Waals surface area contributed by atoms with Crippen molar-refractivity contribution in [2.45, 2.75) is 17.4 Å². The summed E-state index contributed by atoms with van der Waals surface area (Å²) in [5.74, 6) is 1.60. The molecular weight excluding hydrogens is 402 g/mol. The molecule has 3 saturated heterocycles. The SMILES string of the molecule is O=C1CC([NH+]2CCSCC2)C(=O)N1c1ccc(S(=O)(=O)N2CCOCC2)cc1. The fourth-order valence-corrected chi connectivity index (χ4v) is 6.33. The molecule has 2 amide bonds. The van der Waals surface area contributed by atoms with Crippen molar-refractivity contribution in [1.82, 2.24) is 4.31 Å². The number of carbonyl (C=O) groups excluding carboxylic acids is 2. The van der Waals surface area contributed by atoms with Crippen molar-refractivity contribution in [2.75, 3.05) is 55.8 Å². The molecule has 10 heteroatoms. The molecule has 3 fully saturated rings. The first-order chi connectivity index (χ1) is 13.5. The number of benzene rings is 1. The standard InChI is InChI=1S/C18H23N3O5S2/c22-17-13-16(19-7-11-27-12-8-19)18(23)21(17)14-1-3-15(4-2-14)28(24,25)20-5-9-26-10-6-20/h1-4,16H,5-13H2/p+1. The molecule has 0 aromatic heterocycles. The number of hydrogen-bond donors (Lipinski definition) is 1. The molecule has 4 rings (SSSR count). The van der Waals surface area contributed by atoms with Crippen molar-refractivity contribution >= 4 is 39.3 Å². The Hall–Kier alpha value is -1.46. The molecule has 1 aromatic rings. The van der Waals surface area contributed by atoms with Gasteiger partial charge in [0.2, 0.25) is 15.9 Å². The first-order valence-electron chi connectivity index (χ1n) is 9.45. The quantitative estimate of drug-likeness (QED) is 0.620. The van der Waals surface area contributed by atoms with Gasteiger partial charge in [0, 0.05) is 24.6 Å². The number of sulfonamides is 1. The Morgan fingerprint density at radius 3 is 2.32 bits per heavy atom. The Kier molecular flexibility index (Phi) is 5.75. The van der Waals surface area contributed by atoms with E-state index in [4.69, 9.17) is 4.74 Å². The normalized spacial score (nSPS) is 25.4. The van der Waals surface area contributed by atoms with Crippen LogP contribution in [0.1, 0.15) is 6.42 Å². The summed E-state index contributed by atoms with van der Waals surface area (Å²) in [7, 11) is -3.60. The highest BCUT2D eigenvalue weighted by Crippen LogP contribution is 2.25. The van der Waals surface area contributed by atoms with Crippen molar-refractivity contribution in [3.8, 4) is 0 Å². The zero-order chi connectivity index (χ0) is 19.7. The average Bonchev–Trinajstić information content (AvgIpc) is 3.03. The summed E-state index contributed by atoms with van der Waals surface area (Å²) >= 11 is 1.87. The van der Waals surface area contributed by atoms with Crippen molar-refractivity contribution in [2.24, 2.45) is 0 Å². The molecular formula is C18H24N3O5S2+. The number of imide groups is 1. The Balaban J connectivity index is 1.52. The van der Waals surface area contributed by atoms with Gasteiger partial charge in [0.05, 0.1) is 43.3 Å². The number of anilines is 1. The van der Waals surface area contributed by atoms with Gasteiger partial charge in [0.25, 0.3) is 5.91 Å². The summed E-state index contributed by atoms with van der Waals surface area (Å²) in [5, 5.41) is 0. The van der Waals surface area contributed by atoms with Crippen LogP contribution in [0.3, 0.4) is 0 Å². The van der Waals surface area contributed by atoms with E-state index in [0.717, 1.165) is 24.6 Å². The Labute approximate surface area is 168 Å². The average molecular weight is 427 g/mol. The summed E-state index contributed by atoms with van der Waals surface area (Å²) in [6.07, 6.45) is 0.215. The van der Waals surface area contributed by atoms with E-state index >= 15 is 0 Å². The van der Waals surface area contributed by atoms with Crippen LogP contribution in [-0.4, -0.2) is 81.5 Å². The molecule has 1 atom stereocenters. The van der Waals surface area contributed by atoms with Crippen LogP contribution in [0.25, 0.3) is 0 Å². The van der Waals surface area contributed by atoms with Gasteiger partial charge in [-0.1, -0.05) is 0 Å². The highest BCUT2D eigenvalue weighted by atomic mass is 32.2. The van der Waals surface area contributed by atoms with Crippen molar-refractivity contribution in [1.29, 1.82) is 0 Å². The third-order valence-corrected chi connectivity index (χ3v) is 8.38. The van der Waals surface area contributed by atoms with Gasteiger partial charge in [-0.05, 0) is 24.3 Å². The van der Waals surface area contributed by atoms with Crippen molar-refractivity contribution in [3.63, 3.8) is 0 Å². The summed E-state index contributed by atoms with van der Waals surface area (Å²) in [5.41, 5.74) is 0.434. The van der Waals surface area contributed by atoms with E-state index in [1.807, 2.05) is 11.8 Å². The first kappa shape index (κ1) is 19.8. The van der Waals surface area contributed by atoms with Crippen LogP contribution >= 0.6 is 11.8 Å². The topological polar surface area (TPSA) is 88.4 Å². The van der Waals surface area contributed by atoms with Gasteiger partial charge in [-0.2, -0.15) is 16.1 Å². The molecule has 3 aliphatic rings. The van der Waals surface area contributed by atoms with Gasteiger partial charge >= 0.3 is 0 Å². The van der Waals surface area contributed by atoms with Gasteiger partial charge < -0.3 is 9.64 Å². The van der Waals surface area contributed by atoms with E-state index in [9.17, 15) is 18.0 Å². The van der Waals surface area contributed by atoms with Crippen LogP contribution in [0, 0.1) is 0 Å². The second-order valence-electron chi connectivity index (χ2n) is 7.11. The number of hydrogen-bond acceptors (Lipinski definition) is 6. The number of quaternary nitrogens is 1. The zero-order valence-electron chi connectivity index (χ0n) is 15.5. The first-order valence-corrected chi connectivity index (χ1v) is 12.0. The summed E-state index contributed by atoms with van der Waals surface area (Å²) in [4.78, 5) is 27.9. The highest BCUT2D eigenvalue weighted by Gasteiger charge is 2.46. The second-order valence-corrected chi connectivity index (χ2v) is 10.3. The molecule has 0 aliphatic carbocycles. The molecule has 1 aromatic carbocycles. The van der Waals surface area contributed by atoms with Crippen molar-refractivity contribution < 1.29 is 27.6 Å². The molecule has 1 unspecified atom stereocenters. The third-order valence-electron chi connectivity index (χ3n) is 5.48. The van der Waals surface area contributed by atoms with Crippen LogP contribution in [0.5, 0.6) is 0 Å². The summed E-state index contributed by atoms with van der Waals surface area (Å²) < 4.78 is 32.1. The maximum atomic E-state index is 12.9. The predicted octanol–water partition coefficient (Wildman–Crippen LogP) is -1.03. The number of amides is 2. The molecule has 3 aliphatic heterocycles. The smallest absolute Gasteiger partial charge is 0.292 e.